The highest BCUT2D eigenvalue weighted by molar-refractivity contribution is 7.86. The summed E-state index contributed by atoms with van der Waals surface area (Å²) in [6, 6.07) is 3.55. The zero-order chi connectivity index (χ0) is 15.7. The lowest BCUT2D eigenvalue weighted by Gasteiger charge is -2.36. The first kappa shape index (κ1) is 16.0. The molecule has 2 aliphatic heterocycles. The Morgan fingerprint density at radius 2 is 2.09 bits per heavy atom. The van der Waals surface area contributed by atoms with Gasteiger partial charge in [0.1, 0.15) is 11.5 Å². The Kier molecular flexibility index (Phi) is 4.59. The van der Waals surface area contributed by atoms with Crippen molar-refractivity contribution in [1.29, 1.82) is 0 Å². The number of nitrogens with zero attached hydrogens (tertiary/aromatic N) is 2. The molecule has 3 rings (SSSR count). The average Bonchev–Trinajstić information content (AvgIpc) is 3.16. The molecule has 2 atom stereocenters. The van der Waals surface area contributed by atoms with Gasteiger partial charge < -0.3 is 9.15 Å². The lowest BCUT2D eigenvalue weighted by Crippen LogP contribution is -2.52. The van der Waals surface area contributed by atoms with Gasteiger partial charge in [-0.05, 0) is 31.9 Å². The van der Waals surface area contributed by atoms with Crippen LogP contribution in [0.25, 0.3) is 0 Å². The Labute approximate surface area is 132 Å². The summed E-state index contributed by atoms with van der Waals surface area (Å²) >= 11 is 0. The van der Waals surface area contributed by atoms with E-state index in [0.717, 1.165) is 30.8 Å². The average molecular weight is 328 g/mol. The number of furan rings is 1. The van der Waals surface area contributed by atoms with E-state index in [-0.39, 0.29) is 12.1 Å². The Bertz CT molecular complexity index is 613. The maximum absolute atomic E-state index is 13.0. The molecule has 1 aromatic heterocycles. The van der Waals surface area contributed by atoms with Crippen LogP contribution in [-0.2, 0) is 21.4 Å². The third kappa shape index (κ3) is 2.82. The SMILES string of the molecule is CCc1ccc([C@@H]2CCCN2S(=O)(=O)N2CCOC[C@@H]2C)o1. The molecule has 22 heavy (non-hydrogen) atoms. The fourth-order valence-corrected chi connectivity index (χ4v) is 5.23. The van der Waals surface area contributed by atoms with Gasteiger partial charge in [-0.3, -0.25) is 0 Å². The van der Waals surface area contributed by atoms with Crippen LogP contribution in [0.2, 0.25) is 0 Å². The van der Waals surface area contributed by atoms with Gasteiger partial charge in [-0.15, -0.1) is 0 Å². The molecule has 1 aromatic rings. The quantitative estimate of drug-likeness (QED) is 0.847. The van der Waals surface area contributed by atoms with E-state index in [4.69, 9.17) is 9.15 Å². The van der Waals surface area contributed by atoms with E-state index in [1.54, 1.807) is 8.61 Å². The van der Waals surface area contributed by atoms with E-state index < -0.39 is 10.2 Å². The molecule has 2 aliphatic rings. The van der Waals surface area contributed by atoms with Crippen molar-refractivity contribution in [1.82, 2.24) is 8.61 Å². The predicted octanol–water partition coefficient (Wildman–Crippen LogP) is 1.94. The number of hydrogen-bond acceptors (Lipinski definition) is 4. The van der Waals surface area contributed by atoms with Crippen LogP contribution in [0.1, 0.15) is 44.3 Å². The number of morpholine rings is 1. The zero-order valence-corrected chi connectivity index (χ0v) is 14.0. The van der Waals surface area contributed by atoms with E-state index in [1.807, 2.05) is 26.0 Å². The minimum Gasteiger partial charge on any atom is -0.464 e. The van der Waals surface area contributed by atoms with Crippen LogP contribution in [0.15, 0.2) is 16.5 Å². The van der Waals surface area contributed by atoms with Crippen molar-refractivity contribution in [2.45, 2.75) is 45.2 Å². The largest absolute Gasteiger partial charge is 0.464 e. The molecule has 2 saturated heterocycles. The topological polar surface area (TPSA) is 63.0 Å². The van der Waals surface area contributed by atoms with Crippen LogP contribution in [0.3, 0.4) is 0 Å². The van der Waals surface area contributed by atoms with Crippen molar-refractivity contribution in [3.8, 4) is 0 Å². The summed E-state index contributed by atoms with van der Waals surface area (Å²) in [7, 11) is -3.48. The van der Waals surface area contributed by atoms with E-state index in [2.05, 4.69) is 0 Å². The fourth-order valence-electron chi connectivity index (χ4n) is 3.25. The number of hydrogen-bond donors (Lipinski definition) is 0. The molecule has 0 bridgehead atoms. The molecule has 0 spiro atoms. The van der Waals surface area contributed by atoms with Crippen molar-refractivity contribution < 1.29 is 17.6 Å². The molecule has 0 saturated carbocycles. The third-order valence-electron chi connectivity index (χ3n) is 4.46. The normalized spacial score (nSPS) is 28.3. The van der Waals surface area contributed by atoms with Crippen molar-refractivity contribution in [2.24, 2.45) is 0 Å². The Hall–Kier alpha value is -0.890. The van der Waals surface area contributed by atoms with Gasteiger partial charge in [0.25, 0.3) is 10.2 Å². The molecule has 7 heteroatoms. The minimum absolute atomic E-state index is 0.122. The summed E-state index contributed by atoms with van der Waals surface area (Å²) in [6.45, 7) is 5.82. The van der Waals surface area contributed by atoms with Crippen molar-refractivity contribution >= 4 is 10.2 Å². The number of aryl methyl sites for hydroxylation is 1. The van der Waals surface area contributed by atoms with Crippen molar-refractivity contribution in [2.75, 3.05) is 26.3 Å². The van der Waals surface area contributed by atoms with E-state index >= 15 is 0 Å². The summed E-state index contributed by atoms with van der Waals surface area (Å²) in [5, 5.41) is 0. The summed E-state index contributed by atoms with van der Waals surface area (Å²) in [6.07, 6.45) is 2.50. The van der Waals surface area contributed by atoms with Gasteiger partial charge in [0.05, 0.1) is 19.3 Å². The number of rotatable bonds is 4. The molecular formula is C15H24N2O4S. The molecule has 0 aromatic carbocycles. The predicted molar refractivity (Wildman–Crippen MR) is 82.7 cm³/mol. The lowest BCUT2D eigenvalue weighted by atomic mass is 10.2. The molecule has 0 radical (unpaired) electrons. The maximum atomic E-state index is 13.0. The molecule has 0 unspecified atom stereocenters. The van der Waals surface area contributed by atoms with Crippen LogP contribution >= 0.6 is 0 Å². The highest BCUT2D eigenvalue weighted by Gasteiger charge is 2.42. The van der Waals surface area contributed by atoms with Crippen LogP contribution < -0.4 is 0 Å². The first-order chi connectivity index (χ1) is 10.5. The van der Waals surface area contributed by atoms with Crippen molar-refractivity contribution in [3.05, 3.63) is 23.7 Å². The molecule has 124 valence electrons. The monoisotopic (exact) mass is 328 g/mol. The lowest BCUT2D eigenvalue weighted by molar-refractivity contribution is 0.0359. The van der Waals surface area contributed by atoms with E-state index in [9.17, 15) is 8.42 Å². The molecule has 0 amide bonds. The van der Waals surface area contributed by atoms with E-state index in [1.165, 1.54) is 0 Å². The Balaban J connectivity index is 1.85. The molecule has 0 N–H and O–H groups in total. The Morgan fingerprint density at radius 3 is 2.77 bits per heavy atom. The molecule has 0 aliphatic carbocycles. The first-order valence-electron chi connectivity index (χ1n) is 7.99. The highest BCUT2D eigenvalue weighted by Crippen LogP contribution is 2.36. The summed E-state index contributed by atoms with van der Waals surface area (Å²) in [4.78, 5) is 0. The van der Waals surface area contributed by atoms with E-state index in [0.29, 0.717) is 26.3 Å². The smallest absolute Gasteiger partial charge is 0.283 e. The second-order valence-corrected chi connectivity index (χ2v) is 7.80. The molecule has 3 heterocycles. The maximum Gasteiger partial charge on any atom is 0.283 e. The van der Waals surface area contributed by atoms with Gasteiger partial charge in [-0.1, -0.05) is 6.92 Å². The Morgan fingerprint density at radius 1 is 1.27 bits per heavy atom. The summed E-state index contributed by atoms with van der Waals surface area (Å²) in [5.41, 5.74) is 0. The van der Waals surface area contributed by atoms with Gasteiger partial charge in [0.15, 0.2) is 0 Å². The van der Waals surface area contributed by atoms with Crippen molar-refractivity contribution in [3.63, 3.8) is 0 Å². The molecule has 6 nitrogen and oxygen atoms in total. The first-order valence-corrected chi connectivity index (χ1v) is 9.38. The van der Waals surface area contributed by atoms with Gasteiger partial charge in [-0.25, -0.2) is 0 Å². The second-order valence-electron chi connectivity index (χ2n) is 5.97. The van der Waals surface area contributed by atoms with Gasteiger partial charge in [-0.2, -0.15) is 17.0 Å². The van der Waals surface area contributed by atoms with Crippen LogP contribution in [-0.4, -0.2) is 49.4 Å². The second kappa shape index (κ2) is 6.31. The van der Waals surface area contributed by atoms with Gasteiger partial charge in [0.2, 0.25) is 0 Å². The third-order valence-corrected chi connectivity index (χ3v) is 6.63. The van der Waals surface area contributed by atoms with Crippen LogP contribution in [0.5, 0.6) is 0 Å². The van der Waals surface area contributed by atoms with Crippen LogP contribution in [0, 0.1) is 0 Å². The highest BCUT2D eigenvalue weighted by atomic mass is 32.2. The number of ether oxygens (including phenoxy) is 1. The summed E-state index contributed by atoms with van der Waals surface area (Å²) in [5.74, 6) is 1.66. The molecular weight excluding hydrogens is 304 g/mol. The summed E-state index contributed by atoms with van der Waals surface area (Å²) < 4.78 is 40.4. The standard InChI is InChI=1S/C15H24N2O4S/c1-3-13-6-7-15(21-13)14-5-4-8-17(14)22(18,19)16-9-10-20-11-12(16)2/h6-7,12,14H,3-5,8-11H2,1-2H3/t12-,14-/m0/s1. The van der Waals surface area contributed by atoms with Gasteiger partial charge >= 0.3 is 0 Å². The zero-order valence-electron chi connectivity index (χ0n) is 13.2. The fraction of sp³-hybridized carbons (Fsp3) is 0.733. The van der Waals surface area contributed by atoms with Crippen LogP contribution in [0.4, 0.5) is 0 Å². The molecule has 2 fully saturated rings. The minimum atomic E-state index is -3.48. The van der Waals surface area contributed by atoms with Gasteiger partial charge in [0, 0.05) is 25.6 Å².